The highest BCUT2D eigenvalue weighted by Crippen LogP contribution is 2.34. The van der Waals surface area contributed by atoms with Crippen molar-refractivity contribution >= 4 is 23.2 Å². The molecule has 0 fully saturated rings. The molecule has 5 nitrogen and oxygen atoms in total. The molecule has 0 N–H and O–H groups in total. The fraction of sp³-hybridized carbons (Fsp3) is 0.520. The van der Waals surface area contributed by atoms with Crippen LogP contribution in [0.4, 0.5) is 0 Å². The van der Waals surface area contributed by atoms with Crippen LogP contribution in [0.3, 0.4) is 0 Å². The Balaban J connectivity index is 1.75. The number of hydrogen-bond acceptors (Lipinski definition) is 4. The predicted molar refractivity (Wildman–Crippen MR) is 125 cm³/mol. The first-order valence-electron chi connectivity index (χ1n) is 11.2. The lowest BCUT2D eigenvalue weighted by Crippen LogP contribution is -2.48. The summed E-state index contributed by atoms with van der Waals surface area (Å²) in [4.78, 5) is 31.1. The van der Waals surface area contributed by atoms with Crippen molar-refractivity contribution in [2.45, 2.75) is 46.6 Å². The van der Waals surface area contributed by atoms with E-state index in [1.807, 2.05) is 49.1 Å². The number of carbonyl (C=O) groups excluding carboxylic acids is 2. The van der Waals surface area contributed by atoms with Gasteiger partial charge in [0.1, 0.15) is 12.4 Å². The number of thiophene rings is 1. The Morgan fingerprint density at radius 3 is 2.58 bits per heavy atom. The minimum absolute atomic E-state index is 0.00346. The van der Waals surface area contributed by atoms with E-state index in [9.17, 15) is 9.59 Å². The molecule has 1 aromatic heterocycles. The minimum Gasteiger partial charge on any atom is -0.491 e. The van der Waals surface area contributed by atoms with Gasteiger partial charge in [0.05, 0.1) is 12.6 Å². The topological polar surface area (TPSA) is 49.9 Å². The monoisotopic (exact) mass is 442 g/mol. The number of carbonyl (C=O) groups is 2. The maximum atomic E-state index is 13.4. The third kappa shape index (κ3) is 6.10. The zero-order chi connectivity index (χ0) is 22.4. The molecule has 6 heteroatoms. The van der Waals surface area contributed by atoms with Crippen LogP contribution in [0.1, 0.15) is 50.6 Å². The number of para-hydroxylation sites is 1. The number of benzene rings is 1. The molecule has 3 rings (SSSR count). The fourth-order valence-electron chi connectivity index (χ4n) is 3.87. The number of fused-ring (bicyclic) bond motifs is 1. The average molecular weight is 443 g/mol. The summed E-state index contributed by atoms with van der Waals surface area (Å²) in [7, 11) is 0. The molecule has 0 radical (unpaired) electrons. The van der Waals surface area contributed by atoms with E-state index in [1.165, 1.54) is 10.4 Å². The van der Waals surface area contributed by atoms with Gasteiger partial charge in [-0.1, -0.05) is 45.9 Å². The van der Waals surface area contributed by atoms with Crippen LogP contribution in [0.15, 0.2) is 41.8 Å². The van der Waals surface area contributed by atoms with Crippen molar-refractivity contribution in [3.05, 3.63) is 52.2 Å². The van der Waals surface area contributed by atoms with E-state index in [2.05, 4.69) is 25.3 Å². The van der Waals surface area contributed by atoms with Gasteiger partial charge < -0.3 is 14.5 Å². The molecule has 0 saturated heterocycles. The number of ether oxygens (including phenoxy) is 1. The van der Waals surface area contributed by atoms with Crippen LogP contribution in [0, 0.1) is 11.8 Å². The van der Waals surface area contributed by atoms with Crippen molar-refractivity contribution in [2.75, 3.05) is 26.2 Å². The number of rotatable bonds is 9. The molecule has 1 aromatic carbocycles. The number of amides is 2. The molecule has 31 heavy (non-hydrogen) atoms. The molecule has 2 aromatic rings. The molecule has 0 unspecified atom stereocenters. The summed E-state index contributed by atoms with van der Waals surface area (Å²) >= 11 is 1.74. The molecule has 2 amide bonds. The van der Waals surface area contributed by atoms with Gasteiger partial charge in [-0.2, -0.15) is 0 Å². The van der Waals surface area contributed by atoms with Crippen molar-refractivity contribution in [1.29, 1.82) is 0 Å². The summed E-state index contributed by atoms with van der Waals surface area (Å²) in [6.45, 7) is 9.87. The Bertz CT molecular complexity index is 863. The van der Waals surface area contributed by atoms with Gasteiger partial charge in [0, 0.05) is 23.9 Å². The van der Waals surface area contributed by atoms with Crippen molar-refractivity contribution in [1.82, 2.24) is 9.80 Å². The van der Waals surface area contributed by atoms with Crippen LogP contribution >= 0.6 is 11.3 Å². The third-order valence-corrected chi connectivity index (χ3v) is 6.67. The molecule has 1 aliphatic heterocycles. The van der Waals surface area contributed by atoms with Crippen LogP contribution in [-0.2, 0) is 16.0 Å². The summed E-state index contributed by atoms with van der Waals surface area (Å²) < 4.78 is 6.05. The smallest absolute Gasteiger partial charge is 0.242 e. The van der Waals surface area contributed by atoms with E-state index in [-0.39, 0.29) is 30.3 Å². The maximum Gasteiger partial charge on any atom is 0.242 e. The lowest BCUT2D eigenvalue weighted by molar-refractivity contribution is -0.144. The minimum atomic E-state index is -0.135. The normalized spacial score (nSPS) is 15.8. The van der Waals surface area contributed by atoms with E-state index in [4.69, 9.17) is 4.74 Å². The van der Waals surface area contributed by atoms with E-state index in [0.717, 1.165) is 18.6 Å². The molecule has 0 saturated carbocycles. The molecular formula is C25H34N2O3S. The first-order valence-corrected chi connectivity index (χ1v) is 12.1. The second-order valence-corrected chi connectivity index (χ2v) is 9.87. The highest BCUT2D eigenvalue weighted by molar-refractivity contribution is 7.10. The van der Waals surface area contributed by atoms with Gasteiger partial charge in [-0.05, 0) is 47.9 Å². The summed E-state index contributed by atoms with van der Waals surface area (Å²) in [5.74, 6) is 1.19. The number of hydrogen-bond donors (Lipinski definition) is 0. The van der Waals surface area contributed by atoms with E-state index in [1.54, 1.807) is 16.2 Å². The van der Waals surface area contributed by atoms with Crippen molar-refractivity contribution < 1.29 is 14.3 Å². The third-order valence-electron chi connectivity index (χ3n) is 5.67. The van der Waals surface area contributed by atoms with E-state index >= 15 is 0 Å². The summed E-state index contributed by atoms with van der Waals surface area (Å²) in [6, 6.07) is 11.7. The Kier molecular flexibility index (Phi) is 8.13. The lowest BCUT2D eigenvalue weighted by Gasteiger charge is -2.37. The highest BCUT2D eigenvalue weighted by atomic mass is 32.1. The molecule has 1 atom stereocenters. The fourth-order valence-corrected chi connectivity index (χ4v) is 4.80. The standard InChI is InChI=1S/C25H34N2O3S/c1-18(2)10-13-26(25(29)19(3)4)16-24(28)27-14-11-23-21(12-15-31-23)22(27)17-30-20-8-6-5-7-9-20/h5-9,12,15,18-19,22H,10-11,13-14,16-17H2,1-4H3/t22-/m1/s1. The van der Waals surface area contributed by atoms with Gasteiger partial charge in [-0.25, -0.2) is 0 Å². The largest absolute Gasteiger partial charge is 0.491 e. The molecule has 0 spiro atoms. The summed E-state index contributed by atoms with van der Waals surface area (Å²) in [6.07, 6.45) is 1.74. The van der Waals surface area contributed by atoms with Gasteiger partial charge in [0.2, 0.25) is 11.8 Å². The molecule has 1 aliphatic rings. The van der Waals surface area contributed by atoms with Crippen molar-refractivity contribution in [2.24, 2.45) is 11.8 Å². The predicted octanol–water partition coefficient (Wildman–Crippen LogP) is 4.78. The van der Waals surface area contributed by atoms with Crippen molar-refractivity contribution in [3.8, 4) is 5.75 Å². The molecule has 0 aliphatic carbocycles. The zero-order valence-corrected chi connectivity index (χ0v) is 19.9. The Morgan fingerprint density at radius 2 is 1.90 bits per heavy atom. The van der Waals surface area contributed by atoms with Crippen LogP contribution in [0.2, 0.25) is 0 Å². The number of nitrogens with zero attached hydrogens (tertiary/aromatic N) is 2. The van der Waals surface area contributed by atoms with Gasteiger partial charge in [-0.3, -0.25) is 9.59 Å². The second kappa shape index (κ2) is 10.8. The molecule has 168 valence electrons. The Morgan fingerprint density at radius 1 is 1.16 bits per heavy atom. The van der Waals surface area contributed by atoms with Crippen LogP contribution in [0.5, 0.6) is 5.75 Å². The van der Waals surface area contributed by atoms with Crippen LogP contribution < -0.4 is 4.74 Å². The molecular weight excluding hydrogens is 408 g/mol. The second-order valence-electron chi connectivity index (χ2n) is 8.87. The van der Waals surface area contributed by atoms with E-state index in [0.29, 0.717) is 25.6 Å². The average Bonchev–Trinajstić information content (AvgIpc) is 3.23. The first-order chi connectivity index (χ1) is 14.9. The van der Waals surface area contributed by atoms with Crippen LogP contribution in [0.25, 0.3) is 0 Å². The van der Waals surface area contributed by atoms with Crippen LogP contribution in [-0.4, -0.2) is 47.9 Å². The van der Waals surface area contributed by atoms with E-state index < -0.39 is 0 Å². The van der Waals surface area contributed by atoms with Gasteiger partial charge in [0.15, 0.2) is 0 Å². The van der Waals surface area contributed by atoms with Gasteiger partial charge in [-0.15, -0.1) is 11.3 Å². The Hall–Kier alpha value is -2.34. The molecule has 2 heterocycles. The summed E-state index contributed by atoms with van der Waals surface area (Å²) in [5.41, 5.74) is 1.17. The summed E-state index contributed by atoms with van der Waals surface area (Å²) in [5, 5.41) is 2.09. The maximum absolute atomic E-state index is 13.4. The van der Waals surface area contributed by atoms with Crippen molar-refractivity contribution in [3.63, 3.8) is 0 Å². The highest BCUT2D eigenvalue weighted by Gasteiger charge is 2.33. The zero-order valence-electron chi connectivity index (χ0n) is 19.0. The SMILES string of the molecule is CC(C)CCN(CC(=O)N1CCc2sccc2[C@H]1COc1ccccc1)C(=O)C(C)C. The molecule has 0 bridgehead atoms. The van der Waals surface area contributed by atoms with Gasteiger partial charge in [0.25, 0.3) is 0 Å². The first kappa shape index (κ1) is 23.3. The van der Waals surface area contributed by atoms with Gasteiger partial charge >= 0.3 is 0 Å². The quantitative estimate of drug-likeness (QED) is 0.561. The lowest BCUT2D eigenvalue weighted by atomic mass is 10.00. The Labute approximate surface area is 190 Å².